The van der Waals surface area contributed by atoms with Gasteiger partial charge in [-0.15, -0.1) is 11.3 Å². The highest BCUT2D eigenvalue weighted by molar-refractivity contribution is 7.10. The predicted octanol–water partition coefficient (Wildman–Crippen LogP) is 4.87. The van der Waals surface area contributed by atoms with Crippen LogP contribution in [-0.2, 0) is 11.2 Å². The van der Waals surface area contributed by atoms with Crippen LogP contribution in [0.4, 0.5) is 4.79 Å². The summed E-state index contributed by atoms with van der Waals surface area (Å²) >= 11 is 1.71. The normalized spacial score (nSPS) is 16.4. The Balaban J connectivity index is 1.80. The van der Waals surface area contributed by atoms with Crippen LogP contribution in [-0.4, -0.2) is 60.1 Å². The fourth-order valence-electron chi connectivity index (χ4n) is 4.06. The molecule has 186 valence electrons. The molecule has 0 spiro atoms. The Kier molecular flexibility index (Phi) is 8.47. The summed E-state index contributed by atoms with van der Waals surface area (Å²) in [5.41, 5.74) is 0.738. The maximum absolute atomic E-state index is 13.6. The minimum Gasteiger partial charge on any atom is -0.493 e. The van der Waals surface area contributed by atoms with Crippen LogP contribution in [0.15, 0.2) is 35.7 Å². The Hall–Kier alpha value is -2.74. The van der Waals surface area contributed by atoms with E-state index < -0.39 is 0 Å². The molecule has 1 aliphatic rings. The highest BCUT2D eigenvalue weighted by atomic mass is 32.1. The van der Waals surface area contributed by atoms with Crippen molar-refractivity contribution < 1.29 is 19.1 Å². The monoisotopic (exact) mass is 487 g/mol. The molecule has 0 saturated carbocycles. The number of fused-ring (bicyclic) bond motifs is 1. The molecule has 0 radical (unpaired) electrons. The van der Waals surface area contributed by atoms with E-state index in [1.165, 1.54) is 4.88 Å². The zero-order valence-electron chi connectivity index (χ0n) is 21.1. The van der Waals surface area contributed by atoms with Gasteiger partial charge in [-0.3, -0.25) is 4.79 Å². The second-order valence-corrected chi connectivity index (χ2v) is 10.7. The third-order valence-corrected chi connectivity index (χ3v) is 7.05. The average Bonchev–Trinajstić information content (AvgIpc) is 3.28. The minimum atomic E-state index is -0.381. The van der Waals surface area contributed by atoms with Crippen molar-refractivity contribution in [1.82, 2.24) is 15.1 Å². The molecule has 3 rings (SSSR count). The van der Waals surface area contributed by atoms with Gasteiger partial charge in [0, 0.05) is 23.0 Å². The van der Waals surface area contributed by atoms with Gasteiger partial charge < -0.3 is 24.6 Å². The van der Waals surface area contributed by atoms with Crippen LogP contribution in [0.3, 0.4) is 0 Å². The van der Waals surface area contributed by atoms with Crippen LogP contribution >= 0.6 is 11.3 Å². The predicted molar refractivity (Wildman–Crippen MR) is 136 cm³/mol. The lowest BCUT2D eigenvalue weighted by Gasteiger charge is -2.38. The van der Waals surface area contributed by atoms with Gasteiger partial charge in [-0.25, -0.2) is 4.79 Å². The average molecular weight is 488 g/mol. The molecule has 1 aliphatic heterocycles. The zero-order chi connectivity index (χ0) is 24.9. The second kappa shape index (κ2) is 11.1. The first-order valence-electron chi connectivity index (χ1n) is 11.8. The number of carbonyl (C=O) groups excluding carboxylic acids is 2. The first kappa shape index (κ1) is 25.9. The van der Waals surface area contributed by atoms with E-state index in [4.69, 9.17) is 9.47 Å². The molecule has 0 saturated heterocycles. The standard InChI is InChI=1S/C26H37N3O4S/c1-7-18(2)29(25(31)27-26(3,4)5)16-24(30)28-14-12-23-19(13-15-34-23)20(28)17-33-22-11-9-8-10-21(22)32-6/h8-11,13,15,18,20H,7,12,14,16-17H2,1-6H3,(H,27,31)/t18-,20+/m0/s1. The molecule has 8 heteroatoms. The molecule has 7 nitrogen and oxygen atoms in total. The number of nitrogens with zero attached hydrogens (tertiary/aromatic N) is 2. The van der Waals surface area contributed by atoms with Gasteiger partial charge in [0.2, 0.25) is 5.91 Å². The molecule has 0 unspecified atom stereocenters. The molecule has 2 aromatic rings. The van der Waals surface area contributed by atoms with E-state index in [9.17, 15) is 9.59 Å². The number of benzene rings is 1. The lowest BCUT2D eigenvalue weighted by atomic mass is 10.00. The maximum Gasteiger partial charge on any atom is 0.318 e. The van der Waals surface area contributed by atoms with Crippen molar-refractivity contribution >= 4 is 23.3 Å². The van der Waals surface area contributed by atoms with Crippen LogP contribution in [0.1, 0.15) is 57.5 Å². The Morgan fingerprint density at radius 2 is 1.94 bits per heavy atom. The topological polar surface area (TPSA) is 71.1 Å². The van der Waals surface area contributed by atoms with Crippen molar-refractivity contribution in [3.05, 3.63) is 46.2 Å². The van der Waals surface area contributed by atoms with E-state index in [2.05, 4.69) is 16.8 Å². The fourth-order valence-corrected chi connectivity index (χ4v) is 4.99. The number of carbonyl (C=O) groups is 2. The van der Waals surface area contributed by atoms with Gasteiger partial charge in [-0.1, -0.05) is 19.1 Å². The molecule has 0 fully saturated rings. The largest absolute Gasteiger partial charge is 0.493 e. The van der Waals surface area contributed by atoms with E-state index in [1.54, 1.807) is 23.3 Å². The molecule has 2 heterocycles. The molecule has 1 N–H and O–H groups in total. The zero-order valence-corrected chi connectivity index (χ0v) is 21.9. The summed E-state index contributed by atoms with van der Waals surface area (Å²) in [5.74, 6) is 1.23. The number of thiophene rings is 1. The van der Waals surface area contributed by atoms with Crippen molar-refractivity contribution in [2.45, 2.75) is 65.1 Å². The number of methoxy groups -OCH3 is 1. The molecule has 3 amide bonds. The van der Waals surface area contributed by atoms with Gasteiger partial charge >= 0.3 is 6.03 Å². The number of nitrogens with one attached hydrogen (secondary N) is 1. The Morgan fingerprint density at radius 3 is 2.59 bits per heavy atom. The Labute approximate surface area is 207 Å². The summed E-state index contributed by atoms with van der Waals surface area (Å²) < 4.78 is 11.6. The van der Waals surface area contributed by atoms with Gasteiger partial charge in [0.05, 0.1) is 13.2 Å². The Bertz CT molecular complexity index is 984. The molecular formula is C26H37N3O4S. The molecule has 1 aromatic carbocycles. The number of urea groups is 1. The van der Waals surface area contributed by atoms with Crippen LogP contribution in [0, 0.1) is 0 Å². The summed E-state index contributed by atoms with van der Waals surface area (Å²) in [6.07, 6.45) is 1.57. The number of hydrogen-bond donors (Lipinski definition) is 1. The molecule has 0 aliphatic carbocycles. The van der Waals surface area contributed by atoms with Crippen molar-refractivity contribution in [3.63, 3.8) is 0 Å². The van der Waals surface area contributed by atoms with Crippen LogP contribution in [0.2, 0.25) is 0 Å². The van der Waals surface area contributed by atoms with Gasteiger partial charge in [-0.05, 0) is 69.7 Å². The van der Waals surface area contributed by atoms with E-state index in [0.29, 0.717) is 24.7 Å². The van der Waals surface area contributed by atoms with Crippen LogP contribution < -0.4 is 14.8 Å². The molecular weight excluding hydrogens is 450 g/mol. The number of para-hydroxylation sites is 2. The SMILES string of the molecule is CC[C@H](C)N(CC(=O)N1CCc2sccc2[C@H]1COc1ccccc1OC)C(=O)NC(C)(C)C. The smallest absolute Gasteiger partial charge is 0.318 e. The third kappa shape index (κ3) is 6.23. The number of ether oxygens (including phenoxy) is 2. The first-order valence-corrected chi connectivity index (χ1v) is 12.7. The summed E-state index contributed by atoms with van der Waals surface area (Å²) in [4.78, 5) is 31.4. The summed E-state index contributed by atoms with van der Waals surface area (Å²) in [5, 5.41) is 5.07. The highest BCUT2D eigenvalue weighted by Crippen LogP contribution is 2.35. The van der Waals surface area contributed by atoms with Crippen molar-refractivity contribution in [2.75, 3.05) is 26.8 Å². The summed E-state index contributed by atoms with van der Waals surface area (Å²) in [7, 11) is 1.61. The van der Waals surface area contributed by atoms with E-state index >= 15 is 0 Å². The van der Waals surface area contributed by atoms with Crippen molar-refractivity contribution in [2.24, 2.45) is 0 Å². The minimum absolute atomic E-state index is 0.0293. The third-order valence-electron chi connectivity index (χ3n) is 6.05. The number of rotatable bonds is 8. The van der Waals surface area contributed by atoms with Crippen molar-refractivity contribution in [1.29, 1.82) is 0 Å². The number of hydrogen-bond acceptors (Lipinski definition) is 5. The second-order valence-electron chi connectivity index (χ2n) is 9.68. The Morgan fingerprint density at radius 1 is 1.24 bits per heavy atom. The molecule has 1 aromatic heterocycles. The van der Waals surface area contributed by atoms with Crippen molar-refractivity contribution in [3.8, 4) is 11.5 Å². The summed E-state index contributed by atoms with van der Waals surface area (Å²) in [6, 6.07) is 9.09. The van der Waals surface area contributed by atoms with Crippen LogP contribution in [0.25, 0.3) is 0 Å². The lowest BCUT2D eigenvalue weighted by molar-refractivity contribution is -0.136. The van der Waals surface area contributed by atoms with Gasteiger partial charge in [0.15, 0.2) is 11.5 Å². The van der Waals surface area contributed by atoms with E-state index in [0.717, 1.165) is 18.4 Å². The van der Waals surface area contributed by atoms with Gasteiger partial charge in [-0.2, -0.15) is 0 Å². The molecule has 2 atom stereocenters. The summed E-state index contributed by atoms with van der Waals surface area (Å²) in [6.45, 7) is 10.8. The lowest BCUT2D eigenvalue weighted by Crippen LogP contribution is -2.55. The molecule has 0 bridgehead atoms. The van der Waals surface area contributed by atoms with Gasteiger partial charge in [0.25, 0.3) is 0 Å². The fraction of sp³-hybridized carbons (Fsp3) is 0.538. The quantitative estimate of drug-likeness (QED) is 0.577. The van der Waals surface area contributed by atoms with E-state index in [-0.39, 0.29) is 36.1 Å². The van der Waals surface area contributed by atoms with E-state index in [1.807, 2.05) is 63.8 Å². The van der Waals surface area contributed by atoms with Gasteiger partial charge in [0.1, 0.15) is 13.2 Å². The highest BCUT2D eigenvalue weighted by Gasteiger charge is 2.35. The van der Waals surface area contributed by atoms with Crippen LogP contribution in [0.5, 0.6) is 11.5 Å². The first-order chi connectivity index (χ1) is 16.1. The maximum atomic E-state index is 13.6. The number of amides is 3. The molecule has 34 heavy (non-hydrogen) atoms.